The maximum atomic E-state index is 15.2. The van der Waals surface area contributed by atoms with Gasteiger partial charge in [0, 0.05) is 52.4 Å². The van der Waals surface area contributed by atoms with Crippen LogP contribution in [0, 0.1) is 35.5 Å². The van der Waals surface area contributed by atoms with E-state index in [4.69, 9.17) is 15.2 Å². The summed E-state index contributed by atoms with van der Waals surface area (Å²) in [7, 11) is 1.14. The number of nitrogens with two attached hydrogens (primary N) is 1. The van der Waals surface area contributed by atoms with Crippen LogP contribution in [-0.4, -0.2) is 300 Å². The molecule has 0 aromatic rings. The van der Waals surface area contributed by atoms with Crippen molar-refractivity contribution in [1.82, 2.24) is 76.8 Å². The molecular weight excluding hydrogens is 1400 g/mol. The second-order valence-corrected chi connectivity index (χ2v) is 31.7. The highest BCUT2D eigenvalue weighted by atomic mass is 16.6. The fourth-order valence-corrected chi connectivity index (χ4v) is 13.2. The Bertz CT molecular complexity index is 3080. The third-order valence-electron chi connectivity index (χ3n) is 18.1. The van der Waals surface area contributed by atoms with Crippen molar-refractivity contribution in [3.05, 3.63) is 0 Å². The summed E-state index contributed by atoms with van der Waals surface area (Å²) in [5, 5.41) is 23.8. The van der Waals surface area contributed by atoms with Crippen LogP contribution in [0.4, 0.5) is 4.79 Å². The van der Waals surface area contributed by atoms with Crippen molar-refractivity contribution in [1.29, 1.82) is 0 Å². The van der Waals surface area contributed by atoms with Gasteiger partial charge < -0.3 is 78.2 Å². The normalized spacial score (nSPS) is 21.6. The minimum atomic E-state index is -1.74. The third kappa shape index (κ3) is 28.0. The minimum Gasteiger partial charge on any atom is -0.466 e. The number of carbonyl (C=O) groups excluding carboxylic acids is 17. The Hall–Kier alpha value is -7.77. The van der Waals surface area contributed by atoms with Gasteiger partial charge in [-0.2, -0.15) is 0 Å². The van der Waals surface area contributed by atoms with Crippen molar-refractivity contribution in [3.63, 3.8) is 0 Å². The highest BCUT2D eigenvalue weighted by Crippen LogP contribution is 2.26. The van der Waals surface area contributed by atoms with Crippen LogP contribution >= 0.6 is 0 Å². The molecule has 610 valence electrons. The largest absolute Gasteiger partial charge is 0.466 e. The van der Waals surface area contributed by atoms with Gasteiger partial charge in [-0.25, -0.2) is 9.59 Å². The number of nitrogens with zero attached hydrogens (tertiary/aromatic N) is 7. The second-order valence-electron chi connectivity index (χ2n) is 31.7. The first-order valence-electron chi connectivity index (χ1n) is 37.5. The van der Waals surface area contributed by atoms with Crippen LogP contribution < -0.4 is 48.3 Å². The first-order chi connectivity index (χ1) is 50.6. The molecule has 4 heterocycles. The lowest BCUT2D eigenvalue weighted by atomic mass is 9.99. The van der Waals surface area contributed by atoms with Crippen molar-refractivity contribution in [2.75, 3.05) is 59.5 Å². The molecule has 35 heteroatoms. The number of amides is 7. The number of esters is 1. The molecular formula is C73H124N16O19. The van der Waals surface area contributed by atoms with Crippen molar-refractivity contribution in [2.45, 2.75) is 266 Å². The predicted octanol–water partition coefficient (Wildman–Crippen LogP) is -1.45. The van der Waals surface area contributed by atoms with Gasteiger partial charge in [0.25, 0.3) is 35.4 Å². The number of hydrogen-bond acceptors (Lipinski definition) is 28. The minimum absolute atomic E-state index is 0.0212. The first-order valence-corrected chi connectivity index (χ1v) is 37.5. The summed E-state index contributed by atoms with van der Waals surface area (Å²) in [6, 6.07) is -8.84. The molecule has 0 bridgehead atoms. The zero-order chi connectivity index (χ0) is 81.9. The lowest BCUT2D eigenvalue weighted by molar-refractivity contribution is -0.169. The zero-order valence-corrected chi connectivity index (χ0v) is 66.6. The topological polar surface area (TPSA) is 454 Å². The number of hydrogen-bond donors (Lipinski definition) is 9. The third-order valence-corrected chi connectivity index (χ3v) is 18.1. The Morgan fingerprint density at radius 2 is 0.806 bits per heavy atom. The second kappa shape index (κ2) is 44.8. The molecule has 108 heavy (non-hydrogen) atoms. The van der Waals surface area contributed by atoms with E-state index >= 15 is 4.79 Å². The molecule has 4 aliphatic rings. The molecule has 4 fully saturated rings. The molecule has 10 N–H and O–H groups in total. The number of rotatable bonds is 43. The number of piperazine rings is 4. The van der Waals surface area contributed by atoms with Crippen LogP contribution in [0.25, 0.3) is 0 Å². The van der Waals surface area contributed by atoms with Crippen molar-refractivity contribution < 1.29 is 91.0 Å². The fraction of sp³-hybridized carbons (Fsp3) is 0.767. The monoisotopic (exact) mass is 1530 g/mol. The standard InChI is InChI=1S/C42H72N8O11.C31H52N8O8/c1-25(2)17-29(21-51)43-33(48-15-16-50(41(59)61-42(9,10)11)35(39(48)57)45-31(23-53)19-27(5)6)37(55)47-13-14-49(38(56)34(47)44-30(22-52)18-26(3)4)36(40(58)60-12)46-32(24-54)20-28(7)8;1-17(2)12-22(15-41)35-26-30(46)38(9-8-33-26)28(36-23(16-42)13-18(3)4)31(47)37-10-11-39(27(21(7)43)34-19(5)14-40)29(45)24(37)25(44)20(6)32/h21-36,43-46H,13-20H2,1-12H3;14-20,22-24,26-28,33-36H,8-13,32H2,1-7H3/t29-,30-,31-,32-,33+,34+,35+,36+;19-,20-,22-,23-,24?,26-,27+,28+/m00/s1. The van der Waals surface area contributed by atoms with E-state index in [1.165, 1.54) is 30.6 Å². The van der Waals surface area contributed by atoms with Gasteiger partial charge in [-0.05, 0) is 116 Å². The van der Waals surface area contributed by atoms with Crippen LogP contribution in [0.15, 0.2) is 0 Å². The van der Waals surface area contributed by atoms with Crippen LogP contribution in [0.1, 0.15) is 163 Å². The molecule has 16 atom stereocenters. The summed E-state index contributed by atoms with van der Waals surface area (Å²) < 4.78 is 10.7. The van der Waals surface area contributed by atoms with Gasteiger partial charge in [-0.3, -0.25) is 85.8 Å². The summed E-state index contributed by atoms with van der Waals surface area (Å²) in [6.07, 6.45) is -4.26. The average Bonchev–Trinajstić information content (AvgIpc) is 0.772. The van der Waals surface area contributed by atoms with Gasteiger partial charge in [0.15, 0.2) is 48.4 Å². The quantitative estimate of drug-likeness (QED) is 0.0192. The predicted molar refractivity (Wildman–Crippen MR) is 396 cm³/mol. The maximum absolute atomic E-state index is 15.2. The summed E-state index contributed by atoms with van der Waals surface area (Å²) in [5.74, 6) is -6.62. The van der Waals surface area contributed by atoms with E-state index in [2.05, 4.69) is 42.5 Å². The number of carbonyl (C=O) groups is 17. The molecule has 0 spiro atoms. The molecule has 0 saturated carbocycles. The summed E-state index contributed by atoms with van der Waals surface area (Å²) in [4.78, 5) is 233. The lowest BCUT2D eigenvalue weighted by Crippen LogP contribution is -2.75. The molecule has 0 aromatic carbocycles. The molecule has 0 aliphatic carbocycles. The van der Waals surface area contributed by atoms with E-state index in [9.17, 15) is 76.7 Å². The molecule has 0 aromatic heterocycles. The molecule has 35 nitrogen and oxygen atoms in total. The number of nitrogens with one attached hydrogen (secondary N) is 8. The van der Waals surface area contributed by atoms with Crippen LogP contribution in [0.3, 0.4) is 0 Å². The fourth-order valence-electron chi connectivity index (χ4n) is 13.2. The highest BCUT2D eigenvalue weighted by molar-refractivity contribution is 6.11. The van der Waals surface area contributed by atoms with Crippen LogP contribution in [-0.2, 0) is 86.2 Å². The number of Topliss-reactive ketones (excluding diaryl/α,β-unsaturated/α-hetero) is 2. The van der Waals surface area contributed by atoms with E-state index in [-0.39, 0.29) is 101 Å². The van der Waals surface area contributed by atoms with Gasteiger partial charge in [-0.15, -0.1) is 0 Å². The molecule has 0 radical (unpaired) electrons. The average molecular weight is 1530 g/mol. The van der Waals surface area contributed by atoms with E-state index in [0.717, 1.165) is 31.6 Å². The lowest BCUT2D eigenvalue weighted by Gasteiger charge is -2.48. The molecule has 7 amide bonds. The van der Waals surface area contributed by atoms with E-state index in [1.807, 2.05) is 83.1 Å². The number of methoxy groups -OCH3 is 1. The van der Waals surface area contributed by atoms with Crippen molar-refractivity contribution >= 4 is 103 Å². The number of aldehydes is 7. The maximum Gasteiger partial charge on any atom is 0.412 e. The van der Waals surface area contributed by atoms with Gasteiger partial charge in [-0.1, -0.05) is 83.1 Å². The summed E-state index contributed by atoms with van der Waals surface area (Å²) >= 11 is 0. The van der Waals surface area contributed by atoms with Gasteiger partial charge in [0.2, 0.25) is 0 Å². The van der Waals surface area contributed by atoms with E-state index < -0.39 is 162 Å². The van der Waals surface area contributed by atoms with Crippen molar-refractivity contribution in [2.24, 2.45) is 41.2 Å². The van der Waals surface area contributed by atoms with Gasteiger partial charge in [0.05, 0.1) is 55.4 Å². The Kier molecular flexibility index (Phi) is 39.2. The van der Waals surface area contributed by atoms with Crippen LogP contribution in [0.5, 0.6) is 0 Å². The number of ketones is 2. The van der Waals surface area contributed by atoms with Gasteiger partial charge >= 0.3 is 12.1 Å². The Balaban J connectivity index is 0.000000579. The van der Waals surface area contributed by atoms with Gasteiger partial charge in [0.1, 0.15) is 61.9 Å². The van der Waals surface area contributed by atoms with Crippen molar-refractivity contribution in [3.8, 4) is 0 Å². The number of ether oxygens (including phenoxy) is 2. The summed E-state index contributed by atoms with van der Waals surface area (Å²) in [6.45, 7) is 30.8. The Morgan fingerprint density at radius 1 is 0.454 bits per heavy atom. The van der Waals surface area contributed by atoms with Crippen LogP contribution in [0.2, 0.25) is 0 Å². The van der Waals surface area contributed by atoms with E-state index in [1.54, 1.807) is 20.8 Å². The Labute approximate surface area is 635 Å². The molecule has 4 aliphatic heterocycles. The SMILES string of the molecule is CC(=O)[C@H](N[C@@H](C)C=O)N1CCN(C(=O)[C@H](N[C@H](C=O)CC(C)C)N2CCN[C@@H](N[C@H](C=O)CC(C)C)C2=O)C(C(=O)[C@H](C)N)C1=O.COC(=O)[C@H](N[C@H](C=O)CC(C)C)N1CCN(C(=O)[C@H](N[C@H](C=O)CC(C)C)N2CCN(C(=O)OC(C)(C)C)[C@@H](N[C@H](C=O)CC(C)C)C2=O)[C@@H](N[C@H](C=O)CC(C)C)C1=O. The summed E-state index contributed by atoms with van der Waals surface area (Å²) in [5.41, 5.74) is 4.99. The zero-order valence-electron chi connectivity index (χ0n) is 66.6. The molecule has 4 rings (SSSR count). The Morgan fingerprint density at radius 3 is 1.19 bits per heavy atom. The molecule has 1 unspecified atom stereocenters. The van der Waals surface area contributed by atoms with E-state index in [0.29, 0.717) is 69.7 Å². The highest BCUT2D eigenvalue weighted by Gasteiger charge is 2.52. The molecule has 4 saturated heterocycles. The smallest absolute Gasteiger partial charge is 0.412 e. The first kappa shape index (κ1) is 94.4.